The van der Waals surface area contributed by atoms with Crippen LogP contribution in [-0.4, -0.2) is 22.5 Å². The van der Waals surface area contributed by atoms with Crippen LogP contribution in [0.15, 0.2) is 28.9 Å². The molecule has 0 saturated heterocycles. The van der Waals surface area contributed by atoms with Gasteiger partial charge in [0.2, 0.25) is 5.91 Å². The normalized spacial score (nSPS) is 11.6. The molecule has 1 amide bonds. The molecule has 5 heteroatoms. The predicted octanol–water partition coefficient (Wildman–Crippen LogP) is 1.27. The maximum Gasteiger partial charge on any atom is 0.328 e. The summed E-state index contributed by atoms with van der Waals surface area (Å²) in [6.07, 6.45) is 4.18. The lowest BCUT2D eigenvalue weighted by Crippen LogP contribution is -2.49. The molecule has 1 aromatic rings. The quantitative estimate of drug-likeness (QED) is 0.753. The highest BCUT2D eigenvalue weighted by Gasteiger charge is 2.27. The van der Waals surface area contributed by atoms with Crippen molar-refractivity contribution in [2.45, 2.75) is 19.4 Å². The number of nitrogens with one attached hydrogen (secondary N) is 1. The highest BCUT2D eigenvalue weighted by molar-refractivity contribution is 5.95. The summed E-state index contributed by atoms with van der Waals surface area (Å²) in [6.45, 7) is 2.82. The largest absolute Gasteiger partial charge is 0.480 e. The van der Waals surface area contributed by atoms with Gasteiger partial charge in [-0.15, -0.1) is 0 Å². The Labute approximate surface area is 92.8 Å². The summed E-state index contributed by atoms with van der Waals surface area (Å²) in [6, 6.07) is 3.38. The third-order valence-corrected chi connectivity index (χ3v) is 1.91. The Kier molecular flexibility index (Phi) is 3.50. The number of amides is 1. The van der Waals surface area contributed by atoms with Crippen LogP contribution in [0.25, 0.3) is 6.08 Å². The Bertz CT molecular complexity index is 404. The Morgan fingerprint density at radius 2 is 2.19 bits per heavy atom. The van der Waals surface area contributed by atoms with Gasteiger partial charge in [-0.3, -0.25) is 4.79 Å². The van der Waals surface area contributed by atoms with Gasteiger partial charge in [0, 0.05) is 6.08 Å². The molecule has 1 rings (SSSR count). The first-order valence-electron chi connectivity index (χ1n) is 4.69. The lowest BCUT2D eigenvalue weighted by atomic mass is 10.1. The van der Waals surface area contributed by atoms with Crippen LogP contribution >= 0.6 is 0 Å². The van der Waals surface area contributed by atoms with Crippen molar-refractivity contribution in [1.82, 2.24) is 5.32 Å². The van der Waals surface area contributed by atoms with E-state index in [0.29, 0.717) is 5.76 Å². The van der Waals surface area contributed by atoms with Crippen LogP contribution in [0.2, 0.25) is 0 Å². The zero-order valence-electron chi connectivity index (χ0n) is 9.06. The topological polar surface area (TPSA) is 79.5 Å². The molecule has 2 N–H and O–H groups in total. The van der Waals surface area contributed by atoms with Gasteiger partial charge in [0.25, 0.3) is 0 Å². The second kappa shape index (κ2) is 4.65. The fraction of sp³-hybridized carbons (Fsp3) is 0.273. The molecular weight excluding hydrogens is 210 g/mol. The minimum atomic E-state index is -1.29. The molecule has 0 aliphatic rings. The summed E-state index contributed by atoms with van der Waals surface area (Å²) in [5.74, 6) is -1.04. The number of hydrogen-bond acceptors (Lipinski definition) is 3. The molecule has 0 radical (unpaired) electrons. The molecule has 1 heterocycles. The summed E-state index contributed by atoms with van der Waals surface area (Å²) >= 11 is 0. The summed E-state index contributed by atoms with van der Waals surface area (Å²) in [5.41, 5.74) is -1.29. The van der Waals surface area contributed by atoms with Gasteiger partial charge in [-0.05, 0) is 32.1 Å². The number of rotatable bonds is 4. The van der Waals surface area contributed by atoms with Crippen LogP contribution in [0.5, 0.6) is 0 Å². The molecule has 0 aliphatic carbocycles. The van der Waals surface area contributed by atoms with Gasteiger partial charge in [-0.25, -0.2) is 4.79 Å². The van der Waals surface area contributed by atoms with Gasteiger partial charge in [0.05, 0.1) is 6.26 Å². The SMILES string of the molecule is CC(C)(NC(=O)C=Cc1ccco1)C(=O)O. The first-order valence-corrected chi connectivity index (χ1v) is 4.69. The molecule has 0 bridgehead atoms. The third-order valence-electron chi connectivity index (χ3n) is 1.91. The maximum absolute atomic E-state index is 11.4. The van der Waals surface area contributed by atoms with E-state index in [1.807, 2.05) is 0 Å². The fourth-order valence-corrected chi connectivity index (χ4v) is 0.947. The van der Waals surface area contributed by atoms with Crippen molar-refractivity contribution in [2.24, 2.45) is 0 Å². The molecule has 0 aliphatic heterocycles. The molecule has 0 unspecified atom stereocenters. The zero-order chi connectivity index (χ0) is 12.2. The molecule has 0 fully saturated rings. The van der Waals surface area contributed by atoms with Gasteiger partial charge in [0.1, 0.15) is 11.3 Å². The Morgan fingerprint density at radius 1 is 1.50 bits per heavy atom. The van der Waals surface area contributed by atoms with Crippen LogP contribution in [-0.2, 0) is 9.59 Å². The van der Waals surface area contributed by atoms with E-state index in [0.717, 1.165) is 0 Å². The molecular formula is C11H13NO4. The van der Waals surface area contributed by atoms with Gasteiger partial charge >= 0.3 is 5.97 Å². The molecule has 86 valence electrons. The minimum Gasteiger partial charge on any atom is -0.480 e. The number of carboxylic acid groups (broad SMARTS) is 1. The summed E-state index contributed by atoms with van der Waals surface area (Å²) in [4.78, 5) is 22.1. The molecule has 0 saturated carbocycles. The first kappa shape index (κ1) is 12.0. The average molecular weight is 223 g/mol. The van der Waals surface area contributed by atoms with Crippen molar-refractivity contribution in [3.63, 3.8) is 0 Å². The maximum atomic E-state index is 11.4. The van der Waals surface area contributed by atoms with E-state index in [1.54, 1.807) is 12.1 Å². The van der Waals surface area contributed by atoms with Crippen LogP contribution in [0, 0.1) is 0 Å². The molecule has 16 heavy (non-hydrogen) atoms. The standard InChI is InChI=1S/C11H13NO4/c1-11(2,10(14)15)12-9(13)6-5-8-4-3-7-16-8/h3-7H,1-2H3,(H,12,13)(H,14,15). The van der Waals surface area contributed by atoms with Crippen LogP contribution < -0.4 is 5.32 Å². The highest BCUT2D eigenvalue weighted by Crippen LogP contribution is 2.04. The Hall–Kier alpha value is -2.04. The number of carboxylic acids is 1. The van der Waals surface area contributed by atoms with Crippen molar-refractivity contribution >= 4 is 18.0 Å². The average Bonchev–Trinajstić information content (AvgIpc) is 2.66. The molecule has 0 aromatic carbocycles. The molecule has 1 aromatic heterocycles. The second-order valence-electron chi connectivity index (χ2n) is 3.77. The fourth-order valence-electron chi connectivity index (χ4n) is 0.947. The van der Waals surface area contributed by atoms with Gasteiger partial charge in [-0.2, -0.15) is 0 Å². The highest BCUT2D eigenvalue weighted by atomic mass is 16.4. The first-order chi connectivity index (χ1) is 7.42. The van der Waals surface area contributed by atoms with E-state index in [2.05, 4.69) is 5.32 Å². The third kappa shape index (κ3) is 3.27. The van der Waals surface area contributed by atoms with Crippen LogP contribution in [0.4, 0.5) is 0 Å². The Morgan fingerprint density at radius 3 is 2.69 bits per heavy atom. The number of aliphatic carboxylic acids is 1. The van der Waals surface area contributed by atoms with E-state index in [-0.39, 0.29) is 0 Å². The summed E-state index contributed by atoms with van der Waals surface area (Å²) in [7, 11) is 0. The van der Waals surface area contributed by atoms with E-state index in [9.17, 15) is 9.59 Å². The van der Waals surface area contributed by atoms with E-state index < -0.39 is 17.4 Å². The van der Waals surface area contributed by atoms with Crippen molar-refractivity contribution < 1.29 is 19.1 Å². The smallest absolute Gasteiger partial charge is 0.328 e. The van der Waals surface area contributed by atoms with Crippen LogP contribution in [0.3, 0.4) is 0 Å². The van der Waals surface area contributed by atoms with Gasteiger partial charge in [-0.1, -0.05) is 0 Å². The zero-order valence-corrected chi connectivity index (χ0v) is 9.06. The number of hydrogen-bond donors (Lipinski definition) is 2. The molecule has 0 spiro atoms. The monoisotopic (exact) mass is 223 g/mol. The van der Waals surface area contributed by atoms with Gasteiger partial charge in [0.15, 0.2) is 0 Å². The van der Waals surface area contributed by atoms with Gasteiger partial charge < -0.3 is 14.8 Å². The predicted molar refractivity (Wildman–Crippen MR) is 57.6 cm³/mol. The lowest BCUT2D eigenvalue weighted by Gasteiger charge is -2.19. The van der Waals surface area contributed by atoms with Crippen molar-refractivity contribution in [2.75, 3.05) is 0 Å². The van der Waals surface area contributed by atoms with Crippen molar-refractivity contribution in [3.8, 4) is 0 Å². The number of furan rings is 1. The lowest BCUT2D eigenvalue weighted by molar-refractivity contribution is -0.145. The molecule has 0 atom stereocenters. The summed E-state index contributed by atoms with van der Waals surface area (Å²) in [5, 5.41) is 11.1. The second-order valence-corrected chi connectivity index (χ2v) is 3.77. The molecule has 5 nitrogen and oxygen atoms in total. The van der Waals surface area contributed by atoms with Crippen molar-refractivity contribution in [3.05, 3.63) is 30.2 Å². The number of carbonyl (C=O) groups is 2. The Balaban J connectivity index is 2.58. The summed E-state index contributed by atoms with van der Waals surface area (Å²) < 4.78 is 4.98. The van der Waals surface area contributed by atoms with Crippen LogP contribution in [0.1, 0.15) is 19.6 Å². The van der Waals surface area contributed by atoms with E-state index in [4.69, 9.17) is 9.52 Å². The van der Waals surface area contributed by atoms with E-state index >= 15 is 0 Å². The minimum absolute atomic E-state index is 0.483. The number of carbonyl (C=O) groups excluding carboxylic acids is 1. The van der Waals surface area contributed by atoms with E-state index in [1.165, 1.54) is 32.3 Å². The van der Waals surface area contributed by atoms with Crippen molar-refractivity contribution in [1.29, 1.82) is 0 Å².